The minimum absolute atomic E-state index is 0.185. The van der Waals surface area contributed by atoms with Crippen LogP contribution in [0.15, 0.2) is 24.3 Å². The molecule has 0 spiro atoms. The van der Waals surface area contributed by atoms with E-state index in [1.807, 2.05) is 0 Å². The van der Waals surface area contributed by atoms with E-state index in [0.717, 1.165) is 0 Å². The molecular weight excluding hydrogens is 268 g/mol. The predicted molar refractivity (Wildman–Crippen MR) is 74.4 cm³/mol. The Morgan fingerprint density at radius 1 is 1.37 bits per heavy atom. The molecule has 0 heterocycles. The number of carbonyl (C=O) groups excluding carboxylic acids is 1. The van der Waals surface area contributed by atoms with Gasteiger partial charge in [0, 0.05) is 23.2 Å². The third kappa shape index (κ3) is 5.72. The summed E-state index contributed by atoms with van der Waals surface area (Å²) in [6.45, 7) is 3.30. The van der Waals surface area contributed by atoms with Crippen molar-refractivity contribution in [3.8, 4) is 0 Å². The number of halogens is 1. The van der Waals surface area contributed by atoms with Crippen LogP contribution in [-0.4, -0.2) is 29.1 Å². The Labute approximate surface area is 117 Å². The van der Waals surface area contributed by atoms with Crippen molar-refractivity contribution in [1.29, 1.82) is 0 Å². The highest BCUT2D eigenvalue weighted by molar-refractivity contribution is 6.30. The van der Waals surface area contributed by atoms with Gasteiger partial charge in [0.2, 0.25) is 5.91 Å². The molecule has 0 bridgehead atoms. The van der Waals surface area contributed by atoms with E-state index in [4.69, 9.17) is 16.7 Å². The van der Waals surface area contributed by atoms with Gasteiger partial charge in [-0.25, -0.2) is 0 Å². The highest BCUT2D eigenvalue weighted by Crippen LogP contribution is 2.15. The minimum atomic E-state index is -0.943. The summed E-state index contributed by atoms with van der Waals surface area (Å²) in [6, 6.07) is 5.93. The first-order chi connectivity index (χ1) is 8.88. The van der Waals surface area contributed by atoms with Crippen molar-refractivity contribution < 1.29 is 14.7 Å². The van der Waals surface area contributed by atoms with Crippen LogP contribution in [0.4, 0.5) is 5.69 Å². The molecule has 2 unspecified atom stereocenters. The van der Waals surface area contributed by atoms with Crippen molar-refractivity contribution in [2.24, 2.45) is 0 Å². The molecule has 1 amide bonds. The van der Waals surface area contributed by atoms with Gasteiger partial charge in [-0.15, -0.1) is 0 Å². The molecule has 1 aromatic carbocycles. The number of aliphatic carboxylic acids is 1. The van der Waals surface area contributed by atoms with E-state index in [1.54, 1.807) is 31.2 Å². The molecular formula is C13H17ClN2O3. The van der Waals surface area contributed by atoms with Gasteiger partial charge in [0.15, 0.2) is 0 Å². The maximum Gasteiger partial charge on any atom is 0.320 e. The first-order valence-electron chi connectivity index (χ1n) is 5.92. The molecule has 0 aromatic heterocycles. The van der Waals surface area contributed by atoms with Crippen molar-refractivity contribution in [1.82, 2.24) is 5.32 Å². The topological polar surface area (TPSA) is 78.4 Å². The zero-order chi connectivity index (χ0) is 14.4. The Bertz CT molecular complexity index is 465. The largest absolute Gasteiger partial charge is 0.480 e. The smallest absolute Gasteiger partial charge is 0.320 e. The lowest BCUT2D eigenvalue weighted by molar-refractivity contribution is -0.139. The normalized spacial score (nSPS) is 13.6. The lowest BCUT2D eigenvalue weighted by Gasteiger charge is -2.16. The molecule has 0 fully saturated rings. The van der Waals surface area contributed by atoms with Crippen LogP contribution >= 0.6 is 11.6 Å². The average molecular weight is 285 g/mol. The monoisotopic (exact) mass is 284 g/mol. The van der Waals surface area contributed by atoms with Crippen molar-refractivity contribution >= 4 is 29.2 Å². The summed E-state index contributed by atoms with van der Waals surface area (Å²) >= 11 is 5.81. The molecule has 0 radical (unpaired) electrons. The van der Waals surface area contributed by atoms with Gasteiger partial charge in [-0.3, -0.25) is 9.59 Å². The fourth-order valence-electron chi connectivity index (χ4n) is 1.61. The number of hydrogen-bond donors (Lipinski definition) is 3. The Hall–Kier alpha value is -1.59. The second-order valence-electron chi connectivity index (χ2n) is 4.39. The van der Waals surface area contributed by atoms with Crippen LogP contribution in [0.2, 0.25) is 5.02 Å². The maximum atomic E-state index is 11.7. The molecule has 0 aliphatic rings. The first-order valence-corrected chi connectivity index (χ1v) is 6.30. The molecule has 5 nitrogen and oxygen atoms in total. The number of hydrogen-bond acceptors (Lipinski definition) is 3. The van der Waals surface area contributed by atoms with Gasteiger partial charge in [-0.05, 0) is 32.0 Å². The summed E-state index contributed by atoms with van der Waals surface area (Å²) in [5.74, 6) is -1.14. The van der Waals surface area contributed by atoms with Crippen LogP contribution in [0.25, 0.3) is 0 Å². The van der Waals surface area contributed by atoms with E-state index in [9.17, 15) is 9.59 Å². The summed E-state index contributed by atoms with van der Waals surface area (Å²) in [5, 5.41) is 14.8. The Balaban J connectivity index is 2.45. The highest BCUT2D eigenvalue weighted by Gasteiger charge is 2.16. The number of nitrogens with one attached hydrogen (secondary N) is 2. The predicted octanol–water partition coefficient (Wildman–Crippen LogP) is 2.12. The highest BCUT2D eigenvalue weighted by atomic mass is 35.5. The SMILES string of the molecule is CC(CC(=O)Nc1cccc(Cl)c1)NC(C)C(=O)O. The van der Waals surface area contributed by atoms with Gasteiger partial charge in [0.05, 0.1) is 0 Å². The summed E-state index contributed by atoms with van der Waals surface area (Å²) < 4.78 is 0. The molecule has 1 aromatic rings. The first kappa shape index (κ1) is 15.5. The van der Waals surface area contributed by atoms with Gasteiger partial charge >= 0.3 is 5.97 Å². The van der Waals surface area contributed by atoms with Crippen molar-refractivity contribution in [2.75, 3.05) is 5.32 Å². The number of carbonyl (C=O) groups is 2. The Morgan fingerprint density at radius 3 is 2.63 bits per heavy atom. The molecule has 104 valence electrons. The zero-order valence-electron chi connectivity index (χ0n) is 10.8. The van der Waals surface area contributed by atoms with Crippen LogP contribution in [0, 0.1) is 0 Å². The number of anilines is 1. The average Bonchev–Trinajstić information content (AvgIpc) is 2.27. The second kappa shape index (κ2) is 7.11. The van der Waals surface area contributed by atoms with Gasteiger partial charge < -0.3 is 15.7 Å². The number of benzene rings is 1. The van der Waals surface area contributed by atoms with Gasteiger partial charge in [-0.2, -0.15) is 0 Å². The zero-order valence-corrected chi connectivity index (χ0v) is 11.6. The van der Waals surface area contributed by atoms with Crippen molar-refractivity contribution in [2.45, 2.75) is 32.4 Å². The van der Waals surface area contributed by atoms with E-state index in [0.29, 0.717) is 10.7 Å². The lowest BCUT2D eigenvalue weighted by Crippen LogP contribution is -2.41. The Kier molecular flexibility index (Phi) is 5.79. The second-order valence-corrected chi connectivity index (χ2v) is 4.83. The lowest BCUT2D eigenvalue weighted by atomic mass is 10.2. The molecule has 1 rings (SSSR count). The quantitative estimate of drug-likeness (QED) is 0.748. The van der Waals surface area contributed by atoms with Crippen LogP contribution in [0.5, 0.6) is 0 Å². The molecule has 2 atom stereocenters. The molecule has 6 heteroatoms. The van der Waals surface area contributed by atoms with E-state index >= 15 is 0 Å². The Morgan fingerprint density at radius 2 is 2.05 bits per heavy atom. The number of rotatable bonds is 6. The van der Waals surface area contributed by atoms with Crippen LogP contribution in [0.1, 0.15) is 20.3 Å². The van der Waals surface area contributed by atoms with Crippen LogP contribution in [-0.2, 0) is 9.59 Å². The molecule has 19 heavy (non-hydrogen) atoms. The number of carboxylic acid groups (broad SMARTS) is 1. The number of amides is 1. The van der Waals surface area contributed by atoms with Crippen LogP contribution in [0.3, 0.4) is 0 Å². The molecule has 0 aliphatic heterocycles. The third-order valence-electron chi connectivity index (χ3n) is 2.50. The van der Waals surface area contributed by atoms with Gasteiger partial charge in [-0.1, -0.05) is 17.7 Å². The van der Waals surface area contributed by atoms with Crippen LogP contribution < -0.4 is 10.6 Å². The maximum absolute atomic E-state index is 11.7. The van der Waals surface area contributed by atoms with E-state index < -0.39 is 12.0 Å². The molecule has 0 saturated heterocycles. The van der Waals surface area contributed by atoms with E-state index in [2.05, 4.69) is 10.6 Å². The fraction of sp³-hybridized carbons (Fsp3) is 0.385. The molecule has 0 aliphatic carbocycles. The van der Waals surface area contributed by atoms with Crippen molar-refractivity contribution in [3.63, 3.8) is 0 Å². The summed E-state index contributed by atoms with van der Waals surface area (Å²) in [5.41, 5.74) is 0.621. The third-order valence-corrected chi connectivity index (χ3v) is 2.74. The standard InChI is InChI=1S/C13H17ClN2O3/c1-8(15-9(2)13(18)19)6-12(17)16-11-5-3-4-10(14)7-11/h3-5,7-9,15H,6H2,1-2H3,(H,16,17)(H,18,19). The van der Waals surface area contributed by atoms with E-state index in [1.165, 1.54) is 6.92 Å². The van der Waals surface area contributed by atoms with Crippen molar-refractivity contribution in [3.05, 3.63) is 29.3 Å². The van der Waals surface area contributed by atoms with E-state index in [-0.39, 0.29) is 18.4 Å². The van der Waals surface area contributed by atoms with Gasteiger partial charge in [0.1, 0.15) is 6.04 Å². The summed E-state index contributed by atoms with van der Waals surface area (Å²) in [6.07, 6.45) is 0.185. The molecule has 0 saturated carbocycles. The minimum Gasteiger partial charge on any atom is -0.480 e. The number of carboxylic acids is 1. The summed E-state index contributed by atoms with van der Waals surface area (Å²) in [7, 11) is 0. The van der Waals surface area contributed by atoms with Gasteiger partial charge in [0.25, 0.3) is 0 Å². The summed E-state index contributed by atoms with van der Waals surface area (Å²) in [4.78, 5) is 22.4. The fourth-order valence-corrected chi connectivity index (χ4v) is 1.80. The molecule has 3 N–H and O–H groups in total.